The number of rotatable bonds is 5. The molecular formula is C20H10Cl2F3NO5S. The largest absolute Gasteiger partial charge is 0.573 e. The topological polar surface area (TPSA) is 78.6 Å². The second-order valence-corrected chi connectivity index (χ2v) is 8.69. The van der Waals surface area contributed by atoms with Gasteiger partial charge in [0.15, 0.2) is 17.1 Å². The maximum absolute atomic E-state index is 12.8. The molecule has 0 aliphatic heterocycles. The van der Waals surface area contributed by atoms with Crippen molar-refractivity contribution in [3.63, 3.8) is 0 Å². The molecule has 3 aromatic carbocycles. The summed E-state index contributed by atoms with van der Waals surface area (Å²) in [5.41, 5.74) is 0.872. The highest BCUT2D eigenvalue weighted by Gasteiger charge is 2.35. The first-order valence-electron chi connectivity index (χ1n) is 8.67. The van der Waals surface area contributed by atoms with E-state index in [9.17, 15) is 21.6 Å². The van der Waals surface area contributed by atoms with E-state index in [-0.39, 0.29) is 22.2 Å². The predicted molar refractivity (Wildman–Crippen MR) is 110 cm³/mol. The molecule has 6 nitrogen and oxygen atoms in total. The van der Waals surface area contributed by atoms with Crippen LogP contribution in [0.1, 0.15) is 0 Å². The van der Waals surface area contributed by atoms with Crippen molar-refractivity contribution in [3.8, 4) is 23.0 Å². The Hall–Kier alpha value is -2.95. The Morgan fingerprint density at radius 3 is 2.34 bits per heavy atom. The molecule has 166 valence electrons. The highest BCUT2D eigenvalue weighted by molar-refractivity contribution is 7.87. The second kappa shape index (κ2) is 8.19. The van der Waals surface area contributed by atoms with Gasteiger partial charge in [-0.05, 0) is 42.5 Å². The van der Waals surface area contributed by atoms with Crippen molar-refractivity contribution in [1.82, 2.24) is 4.98 Å². The highest BCUT2D eigenvalue weighted by Crippen LogP contribution is 2.37. The lowest BCUT2D eigenvalue weighted by molar-refractivity contribution is -0.275. The zero-order valence-corrected chi connectivity index (χ0v) is 17.9. The molecule has 0 amide bonds. The standard InChI is InChI=1S/C20H10Cl2F3NO5S/c21-11-6-8-15-14(9-11)26-19(29-15)13-7-5-12(22)10-17(13)31-32(27,28)18-4-2-1-3-16(18)30-20(23,24)25/h1-10H. The average Bonchev–Trinajstić information content (AvgIpc) is 3.09. The zero-order chi connectivity index (χ0) is 23.1. The van der Waals surface area contributed by atoms with Crippen LogP contribution >= 0.6 is 23.2 Å². The fourth-order valence-electron chi connectivity index (χ4n) is 2.79. The molecule has 0 saturated carbocycles. The van der Waals surface area contributed by atoms with Crippen molar-refractivity contribution >= 4 is 44.4 Å². The van der Waals surface area contributed by atoms with E-state index >= 15 is 0 Å². The maximum atomic E-state index is 12.8. The SMILES string of the molecule is O=S(=O)(Oc1cc(Cl)ccc1-c1nc2cc(Cl)ccc2o1)c1ccccc1OC(F)(F)F. The van der Waals surface area contributed by atoms with Gasteiger partial charge in [-0.25, -0.2) is 4.98 Å². The van der Waals surface area contributed by atoms with Crippen molar-refractivity contribution < 1.29 is 34.9 Å². The number of benzene rings is 3. The first-order chi connectivity index (χ1) is 15.0. The van der Waals surface area contributed by atoms with E-state index in [1.54, 1.807) is 18.2 Å². The van der Waals surface area contributed by atoms with Gasteiger partial charge in [-0.2, -0.15) is 8.42 Å². The summed E-state index contributed by atoms with van der Waals surface area (Å²) in [6, 6.07) is 12.9. The van der Waals surface area contributed by atoms with Crippen LogP contribution in [-0.4, -0.2) is 19.8 Å². The number of fused-ring (bicyclic) bond motifs is 1. The normalized spacial score (nSPS) is 12.2. The number of hydrogen-bond acceptors (Lipinski definition) is 6. The molecule has 32 heavy (non-hydrogen) atoms. The molecule has 0 spiro atoms. The predicted octanol–water partition coefficient (Wildman–Crippen LogP) is 6.47. The van der Waals surface area contributed by atoms with Gasteiger partial charge in [0.05, 0.1) is 5.56 Å². The van der Waals surface area contributed by atoms with Crippen molar-refractivity contribution in [1.29, 1.82) is 0 Å². The number of nitrogens with zero attached hydrogens (tertiary/aromatic N) is 1. The van der Waals surface area contributed by atoms with Crippen molar-refractivity contribution in [2.45, 2.75) is 11.3 Å². The van der Waals surface area contributed by atoms with Gasteiger partial charge in [-0.15, -0.1) is 13.2 Å². The van der Waals surface area contributed by atoms with Crippen LogP contribution in [-0.2, 0) is 10.1 Å². The summed E-state index contributed by atoms with van der Waals surface area (Å²) in [7, 11) is -4.77. The Labute approximate surface area is 189 Å². The molecule has 12 heteroatoms. The van der Waals surface area contributed by atoms with Gasteiger partial charge in [0.1, 0.15) is 10.4 Å². The lowest BCUT2D eigenvalue weighted by atomic mass is 10.2. The number of alkyl halides is 3. The molecular weight excluding hydrogens is 494 g/mol. The summed E-state index contributed by atoms with van der Waals surface area (Å²) in [5.74, 6) is -1.26. The zero-order valence-electron chi connectivity index (χ0n) is 15.6. The summed E-state index contributed by atoms with van der Waals surface area (Å²) in [6.45, 7) is 0. The minimum atomic E-state index is -5.10. The number of ether oxygens (including phenoxy) is 1. The van der Waals surface area contributed by atoms with Gasteiger partial charge in [-0.1, -0.05) is 35.3 Å². The van der Waals surface area contributed by atoms with E-state index in [2.05, 4.69) is 9.72 Å². The number of hydrogen-bond donors (Lipinski definition) is 0. The van der Waals surface area contributed by atoms with Crippen LogP contribution in [0.15, 0.2) is 70.0 Å². The molecule has 0 N–H and O–H groups in total. The average molecular weight is 504 g/mol. The van der Waals surface area contributed by atoms with E-state index < -0.39 is 27.1 Å². The van der Waals surface area contributed by atoms with Gasteiger partial charge in [-0.3, -0.25) is 0 Å². The summed E-state index contributed by atoms with van der Waals surface area (Å²) in [5, 5.41) is 0.520. The van der Waals surface area contributed by atoms with Crippen LogP contribution in [0, 0.1) is 0 Å². The maximum Gasteiger partial charge on any atom is 0.573 e. The van der Waals surface area contributed by atoms with E-state index in [1.807, 2.05) is 0 Å². The molecule has 0 radical (unpaired) electrons. The third-order valence-electron chi connectivity index (χ3n) is 4.07. The summed E-state index contributed by atoms with van der Waals surface area (Å²) < 4.78 is 78.4. The number of halogens is 5. The van der Waals surface area contributed by atoms with Crippen LogP contribution in [0.2, 0.25) is 10.0 Å². The van der Waals surface area contributed by atoms with E-state index in [1.165, 1.54) is 30.3 Å². The first-order valence-corrected chi connectivity index (χ1v) is 10.8. The lowest BCUT2D eigenvalue weighted by Gasteiger charge is -2.14. The fraction of sp³-hybridized carbons (Fsp3) is 0.0500. The molecule has 4 rings (SSSR count). The quantitative estimate of drug-likeness (QED) is 0.290. The van der Waals surface area contributed by atoms with Gasteiger partial charge in [0, 0.05) is 16.1 Å². The van der Waals surface area contributed by atoms with Crippen LogP contribution in [0.4, 0.5) is 13.2 Å². The third-order valence-corrected chi connectivity index (χ3v) is 5.81. The molecule has 4 aromatic rings. The van der Waals surface area contributed by atoms with E-state index in [0.29, 0.717) is 16.1 Å². The molecule has 0 aliphatic carbocycles. The van der Waals surface area contributed by atoms with Crippen molar-refractivity contribution in [2.75, 3.05) is 0 Å². The monoisotopic (exact) mass is 503 g/mol. The second-order valence-electron chi connectivity index (χ2n) is 6.30. The molecule has 0 aliphatic rings. The smallest absolute Gasteiger partial charge is 0.436 e. The summed E-state index contributed by atoms with van der Waals surface area (Å²) in [6.07, 6.45) is -5.10. The Morgan fingerprint density at radius 2 is 1.59 bits per heavy atom. The lowest BCUT2D eigenvalue weighted by Crippen LogP contribution is -2.20. The Morgan fingerprint density at radius 1 is 0.906 bits per heavy atom. The van der Waals surface area contributed by atoms with Gasteiger partial charge in [0.25, 0.3) is 0 Å². The molecule has 0 unspecified atom stereocenters. The van der Waals surface area contributed by atoms with Crippen LogP contribution in [0.25, 0.3) is 22.6 Å². The molecule has 1 heterocycles. The fourth-order valence-corrected chi connectivity index (χ4v) is 4.18. The molecule has 0 atom stereocenters. The Bertz CT molecular complexity index is 1420. The summed E-state index contributed by atoms with van der Waals surface area (Å²) >= 11 is 11.9. The number of oxazole rings is 1. The molecule has 0 saturated heterocycles. The molecule has 0 fully saturated rings. The van der Waals surface area contributed by atoms with Crippen molar-refractivity contribution in [3.05, 3.63) is 70.7 Å². The number of para-hydroxylation sites is 1. The van der Waals surface area contributed by atoms with Gasteiger partial charge < -0.3 is 13.3 Å². The minimum Gasteiger partial charge on any atom is -0.436 e. The van der Waals surface area contributed by atoms with Crippen LogP contribution in [0.3, 0.4) is 0 Å². The van der Waals surface area contributed by atoms with E-state index in [0.717, 1.165) is 12.1 Å². The van der Waals surface area contributed by atoms with Gasteiger partial charge in [0.2, 0.25) is 5.89 Å². The first kappa shape index (κ1) is 22.3. The minimum absolute atomic E-state index is 0.0102. The van der Waals surface area contributed by atoms with E-state index in [4.69, 9.17) is 31.8 Å². The van der Waals surface area contributed by atoms with Crippen LogP contribution < -0.4 is 8.92 Å². The Kier molecular flexibility index (Phi) is 5.70. The van der Waals surface area contributed by atoms with Crippen LogP contribution in [0.5, 0.6) is 11.5 Å². The number of aromatic nitrogens is 1. The molecule has 1 aromatic heterocycles. The highest BCUT2D eigenvalue weighted by atomic mass is 35.5. The van der Waals surface area contributed by atoms with Crippen molar-refractivity contribution in [2.24, 2.45) is 0 Å². The summed E-state index contributed by atoms with van der Waals surface area (Å²) in [4.78, 5) is 3.43. The molecule has 0 bridgehead atoms. The van der Waals surface area contributed by atoms with Gasteiger partial charge >= 0.3 is 16.5 Å². The third kappa shape index (κ3) is 4.77. The Balaban J connectivity index is 1.77.